The minimum absolute atomic E-state index is 0. The number of piperidine rings is 1. The van der Waals surface area contributed by atoms with E-state index in [0.29, 0.717) is 31.1 Å². The highest BCUT2D eigenvalue weighted by atomic mass is 35.5. The third-order valence-electron chi connectivity index (χ3n) is 4.28. The molecule has 3 N–H and O–H groups in total. The zero-order chi connectivity index (χ0) is 17.5. The van der Waals surface area contributed by atoms with E-state index in [4.69, 9.17) is 17.3 Å². The van der Waals surface area contributed by atoms with Gasteiger partial charge in [0.15, 0.2) is 0 Å². The summed E-state index contributed by atoms with van der Waals surface area (Å²) in [5.74, 6) is -0.0311. The molecule has 1 aliphatic rings. The molecule has 1 saturated heterocycles. The third-order valence-corrected chi connectivity index (χ3v) is 4.63. The summed E-state index contributed by atoms with van der Waals surface area (Å²) in [6.45, 7) is 2.47. The van der Waals surface area contributed by atoms with Crippen molar-refractivity contribution in [2.24, 2.45) is 5.73 Å². The van der Waals surface area contributed by atoms with Crippen molar-refractivity contribution in [3.05, 3.63) is 38.9 Å². The van der Waals surface area contributed by atoms with Gasteiger partial charge >= 0.3 is 0 Å². The number of hydrogen-bond donors (Lipinski definition) is 2. The Hall–Kier alpha value is -1.41. The molecule has 140 valence electrons. The van der Waals surface area contributed by atoms with E-state index in [1.807, 2.05) is 0 Å². The van der Waals surface area contributed by atoms with E-state index in [2.05, 4.69) is 10.2 Å². The number of benzene rings is 1. The summed E-state index contributed by atoms with van der Waals surface area (Å²) >= 11 is 6.19. The first-order valence-electron chi connectivity index (χ1n) is 8.15. The maximum Gasteiger partial charge on any atom is 0.270 e. The average Bonchev–Trinajstić information content (AvgIpc) is 2.56. The number of nitrogens with zero attached hydrogens (tertiary/aromatic N) is 2. The van der Waals surface area contributed by atoms with E-state index >= 15 is 0 Å². The molecular formula is C16H24Cl2N4O3. The van der Waals surface area contributed by atoms with Crippen molar-refractivity contribution < 1.29 is 9.72 Å². The summed E-state index contributed by atoms with van der Waals surface area (Å²) in [4.78, 5) is 24.2. The Balaban J connectivity index is 0.00000312. The second kappa shape index (κ2) is 10.6. The molecule has 25 heavy (non-hydrogen) atoms. The van der Waals surface area contributed by atoms with Gasteiger partial charge in [0.2, 0.25) is 5.91 Å². The number of nitrogens with two attached hydrogens (primary N) is 1. The molecule has 1 atom stereocenters. The fraction of sp³-hybridized carbons (Fsp3) is 0.562. The predicted octanol–water partition coefficient (Wildman–Crippen LogP) is 2.49. The summed E-state index contributed by atoms with van der Waals surface area (Å²) in [6.07, 6.45) is 3.56. The summed E-state index contributed by atoms with van der Waals surface area (Å²) < 4.78 is 0. The van der Waals surface area contributed by atoms with Crippen molar-refractivity contribution in [2.45, 2.75) is 38.3 Å². The predicted molar refractivity (Wildman–Crippen MR) is 100 cm³/mol. The second-order valence-electron chi connectivity index (χ2n) is 6.00. The van der Waals surface area contributed by atoms with E-state index in [9.17, 15) is 14.9 Å². The highest BCUT2D eigenvalue weighted by molar-refractivity contribution is 6.31. The van der Waals surface area contributed by atoms with Crippen LogP contribution >= 0.6 is 24.0 Å². The van der Waals surface area contributed by atoms with Crippen LogP contribution in [-0.4, -0.2) is 41.4 Å². The molecule has 0 aliphatic carbocycles. The lowest BCUT2D eigenvalue weighted by Gasteiger charge is -2.36. The van der Waals surface area contributed by atoms with E-state index in [1.165, 1.54) is 12.1 Å². The molecular weight excluding hydrogens is 367 g/mol. The smallest absolute Gasteiger partial charge is 0.270 e. The Kier molecular flexibility index (Phi) is 9.13. The average molecular weight is 391 g/mol. The molecule has 0 spiro atoms. The minimum Gasteiger partial charge on any atom is -0.354 e. The largest absolute Gasteiger partial charge is 0.354 e. The molecule has 2 rings (SSSR count). The molecule has 1 amide bonds. The third kappa shape index (κ3) is 6.43. The highest BCUT2D eigenvalue weighted by Gasteiger charge is 2.24. The van der Waals surface area contributed by atoms with Gasteiger partial charge in [0.05, 0.1) is 9.95 Å². The van der Waals surface area contributed by atoms with E-state index in [-0.39, 0.29) is 30.0 Å². The number of nitro benzene ring substituents is 1. The minimum atomic E-state index is -0.452. The van der Waals surface area contributed by atoms with Gasteiger partial charge in [-0.1, -0.05) is 18.0 Å². The van der Waals surface area contributed by atoms with Crippen LogP contribution in [0.2, 0.25) is 5.02 Å². The molecule has 1 fully saturated rings. The van der Waals surface area contributed by atoms with Crippen LogP contribution in [0.3, 0.4) is 0 Å². The molecule has 0 bridgehead atoms. The molecule has 1 unspecified atom stereocenters. The lowest BCUT2D eigenvalue weighted by Crippen LogP contribution is -2.46. The summed E-state index contributed by atoms with van der Waals surface area (Å²) in [5.41, 5.74) is 6.24. The van der Waals surface area contributed by atoms with Crippen molar-refractivity contribution >= 4 is 35.6 Å². The molecule has 1 aliphatic heterocycles. The molecule has 0 aromatic heterocycles. The SMILES string of the molecule is Cl.NCCC(=O)NCC1CCCCN1Cc1ccc([N+](=O)[O-])cc1Cl. The topological polar surface area (TPSA) is 102 Å². The Morgan fingerprint density at radius 2 is 2.20 bits per heavy atom. The number of carbonyl (C=O) groups is 1. The first kappa shape index (κ1) is 21.6. The molecule has 1 aromatic rings. The summed E-state index contributed by atoms with van der Waals surface area (Å²) in [6, 6.07) is 4.81. The van der Waals surface area contributed by atoms with E-state index < -0.39 is 4.92 Å². The molecule has 1 aromatic carbocycles. The van der Waals surface area contributed by atoms with Gasteiger partial charge in [0, 0.05) is 44.2 Å². The molecule has 1 heterocycles. The quantitative estimate of drug-likeness (QED) is 0.549. The zero-order valence-corrected chi connectivity index (χ0v) is 15.5. The summed E-state index contributed by atoms with van der Waals surface area (Å²) in [5, 5.41) is 14.1. The van der Waals surface area contributed by atoms with E-state index in [1.54, 1.807) is 6.07 Å². The van der Waals surface area contributed by atoms with Crippen LogP contribution in [0, 0.1) is 10.1 Å². The Morgan fingerprint density at radius 3 is 2.84 bits per heavy atom. The van der Waals surface area contributed by atoms with Crippen LogP contribution < -0.4 is 11.1 Å². The maximum absolute atomic E-state index is 11.6. The van der Waals surface area contributed by atoms with Gasteiger partial charge < -0.3 is 11.1 Å². The first-order chi connectivity index (χ1) is 11.5. The number of non-ortho nitro benzene ring substituents is 1. The van der Waals surface area contributed by atoms with Gasteiger partial charge in [-0.15, -0.1) is 12.4 Å². The lowest BCUT2D eigenvalue weighted by molar-refractivity contribution is -0.384. The van der Waals surface area contributed by atoms with Crippen molar-refractivity contribution in [3.63, 3.8) is 0 Å². The monoisotopic (exact) mass is 390 g/mol. The standard InChI is InChI=1S/C16H23ClN4O3.ClH/c17-15-9-13(21(23)24)5-4-12(15)11-20-8-2-1-3-14(20)10-19-16(22)6-7-18;/h4-5,9,14H,1-3,6-8,10-11,18H2,(H,19,22);1H. The number of hydrogen-bond acceptors (Lipinski definition) is 5. The number of rotatable bonds is 7. The molecule has 9 heteroatoms. The Bertz CT molecular complexity index is 601. The first-order valence-corrected chi connectivity index (χ1v) is 8.52. The van der Waals surface area contributed by atoms with Crippen LogP contribution in [0.25, 0.3) is 0 Å². The second-order valence-corrected chi connectivity index (χ2v) is 6.40. The number of likely N-dealkylation sites (tertiary alicyclic amines) is 1. The fourth-order valence-electron chi connectivity index (χ4n) is 2.95. The van der Waals surface area contributed by atoms with Crippen LogP contribution in [-0.2, 0) is 11.3 Å². The van der Waals surface area contributed by atoms with Crippen molar-refractivity contribution in [1.82, 2.24) is 10.2 Å². The number of halogens is 2. The van der Waals surface area contributed by atoms with E-state index in [0.717, 1.165) is 31.4 Å². The van der Waals surface area contributed by atoms with Gasteiger partial charge in [0.1, 0.15) is 0 Å². The van der Waals surface area contributed by atoms with Crippen molar-refractivity contribution in [2.75, 3.05) is 19.6 Å². The van der Waals surface area contributed by atoms with Crippen molar-refractivity contribution in [1.29, 1.82) is 0 Å². The number of carbonyl (C=O) groups excluding carboxylic acids is 1. The lowest BCUT2D eigenvalue weighted by atomic mass is 10.0. The Morgan fingerprint density at radius 1 is 1.44 bits per heavy atom. The van der Waals surface area contributed by atoms with Crippen LogP contribution in [0.5, 0.6) is 0 Å². The molecule has 7 nitrogen and oxygen atoms in total. The fourth-order valence-corrected chi connectivity index (χ4v) is 3.18. The number of nitro groups is 1. The van der Waals surface area contributed by atoms with Gasteiger partial charge in [-0.05, 0) is 31.0 Å². The van der Waals surface area contributed by atoms with Gasteiger partial charge in [-0.3, -0.25) is 19.8 Å². The Labute approximate surface area is 158 Å². The summed E-state index contributed by atoms with van der Waals surface area (Å²) in [7, 11) is 0. The van der Waals surface area contributed by atoms with Crippen LogP contribution in [0.15, 0.2) is 18.2 Å². The molecule has 0 saturated carbocycles. The zero-order valence-electron chi connectivity index (χ0n) is 13.9. The van der Waals surface area contributed by atoms with Crippen LogP contribution in [0.4, 0.5) is 5.69 Å². The molecule has 0 radical (unpaired) electrons. The number of amides is 1. The highest BCUT2D eigenvalue weighted by Crippen LogP contribution is 2.26. The number of nitrogens with one attached hydrogen (secondary N) is 1. The van der Waals surface area contributed by atoms with Gasteiger partial charge in [0.25, 0.3) is 5.69 Å². The van der Waals surface area contributed by atoms with Gasteiger partial charge in [-0.2, -0.15) is 0 Å². The van der Waals surface area contributed by atoms with Gasteiger partial charge in [-0.25, -0.2) is 0 Å². The maximum atomic E-state index is 11.6. The van der Waals surface area contributed by atoms with Crippen LogP contribution in [0.1, 0.15) is 31.2 Å². The van der Waals surface area contributed by atoms with Crippen molar-refractivity contribution in [3.8, 4) is 0 Å². The normalized spacial score (nSPS) is 17.6.